The van der Waals surface area contributed by atoms with E-state index in [0.29, 0.717) is 0 Å². The Bertz CT molecular complexity index is 417. The second-order valence-corrected chi connectivity index (χ2v) is 3.14. The molecule has 0 aliphatic rings. The van der Waals surface area contributed by atoms with E-state index in [4.69, 9.17) is 3.85 Å². The summed E-state index contributed by atoms with van der Waals surface area (Å²) in [5, 5.41) is 0. The summed E-state index contributed by atoms with van der Waals surface area (Å²) in [6, 6.07) is 17.9. The Labute approximate surface area is 109 Å². The zero-order chi connectivity index (χ0) is 9.80. The van der Waals surface area contributed by atoms with E-state index in [1.165, 1.54) is 0 Å². The molecule has 0 aliphatic carbocycles. The van der Waals surface area contributed by atoms with Crippen LogP contribution in [0, 0.1) is 0 Å². The van der Waals surface area contributed by atoms with Gasteiger partial charge in [-0.3, -0.25) is 0 Å². The third kappa shape index (κ3) is 2.87. The van der Waals surface area contributed by atoms with Crippen molar-refractivity contribution in [2.75, 3.05) is 0 Å². The molecule has 2 aromatic rings. The predicted octanol–water partition coefficient (Wildman–Crippen LogP) is 2.01. The Hall–Kier alpha value is -0.721. The van der Waals surface area contributed by atoms with E-state index in [1.54, 1.807) is 0 Å². The molecule has 0 saturated carbocycles. The molecule has 1 nitrogen and oxygen atoms in total. The van der Waals surface area contributed by atoms with Crippen LogP contribution in [0.15, 0.2) is 54.6 Å². The summed E-state index contributed by atoms with van der Waals surface area (Å²) in [6.07, 6.45) is 0. The molecule has 2 aromatic carbocycles. The van der Waals surface area contributed by atoms with Crippen molar-refractivity contribution in [3.05, 3.63) is 54.6 Å². The van der Waals surface area contributed by atoms with Crippen molar-refractivity contribution >= 4 is 17.4 Å². The fraction of sp³-hybridized carbons (Fsp3) is 0. The minimum atomic E-state index is 0. The van der Waals surface area contributed by atoms with Crippen LogP contribution in [-0.4, -0.2) is 17.4 Å². The van der Waals surface area contributed by atoms with E-state index in [2.05, 4.69) is 16.1 Å². The molecule has 0 aliphatic heterocycles. The van der Waals surface area contributed by atoms with Crippen LogP contribution in [0.4, 0.5) is 0 Å². The second-order valence-electron chi connectivity index (χ2n) is 2.93. The van der Waals surface area contributed by atoms with Gasteiger partial charge in [-0.25, -0.2) is 0 Å². The molecule has 0 fully saturated rings. The summed E-state index contributed by atoms with van der Waals surface area (Å²) in [5.41, 5.74) is 2.19. The van der Waals surface area contributed by atoms with Crippen molar-refractivity contribution in [3.8, 4) is 16.9 Å². The van der Waals surface area contributed by atoms with Crippen molar-refractivity contribution in [2.24, 2.45) is 0 Å². The van der Waals surface area contributed by atoms with Gasteiger partial charge in [-0.05, 0) is 0 Å². The maximum atomic E-state index is 4.99. The van der Waals surface area contributed by atoms with Crippen molar-refractivity contribution in [1.82, 2.24) is 0 Å². The molecule has 0 atom stereocenters. The molecule has 0 unspecified atom stereocenters. The van der Waals surface area contributed by atoms with Gasteiger partial charge >= 0.3 is 91.4 Å². The van der Waals surface area contributed by atoms with Crippen molar-refractivity contribution in [2.45, 2.75) is 0 Å². The first-order valence-corrected chi connectivity index (χ1v) is 4.75. The van der Waals surface area contributed by atoms with Gasteiger partial charge in [0.1, 0.15) is 0 Å². The Balaban J connectivity index is 0.00000112. The Morgan fingerprint density at radius 3 is 2.07 bits per heavy atom. The van der Waals surface area contributed by atoms with Gasteiger partial charge in [0.15, 0.2) is 17.4 Å². The average molecular weight is 258 g/mol. The molecule has 0 saturated heterocycles. The molecule has 3 heteroatoms. The number of para-hydroxylation sites is 1. The molecule has 15 heavy (non-hydrogen) atoms. The van der Waals surface area contributed by atoms with Crippen molar-refractivity contribution in [3.63, 3.8) is 0 Å². The van der Waals surface area contributed by atoms with Gasteiger partial charge in [0.05, 0.1) is 0 Å². The molecule has 0 radical (unpaired) electrons. The molecular formula is C12H12AlCoO. The molecule has 0 spiro atoms. The number of hydrogen-bond donors (Lipinski definition) is 0. The minimum absolute atomic E-state index is 0. The first-order chi connectivity index (χ1) is 6.92. The SMILES string of the molecule is [AlH3].[Co][O]c1ccccc1-c1ccccc1. The van der Waals surface area contributed by atoms with E-state index < -0.39 is 0 Å². The monoisotopic (exact) mass is 258 g/mol. The van der Waals surface area contributed by atoms with Crippen LogP contribution in [0.3, 0.4) is 0 Å². The van der Waals surface area contributed by atoms with Crippen LogP contribution in [0.25, 0.3) is 11.1 Å². The Kier molecular flexibility index (Phi) is 4.93. The van der Waals surface area contributed by atoms with Crippen molar-refractivity contribution < 1.29 is 19.9 Å². The summed E-state index contributed by atoms with van der Waals surface area (Å²) in [7, 11) is 0. The maximum absolute atomic E-state index is 4.99. The standard InChI is InChI=1S/C12H10O.Al.Co.3H/c13-12-9-5-4-8-11(12)10-6-2-1-3-7-10;;;;;/h1-9,13H;;;;;/q;;+1;;;/p-1. The zero-order valence-corrected chi connectivity index (χ0v) is 8.48. The first-order valence-electron chi connectivity index (χ1n) is 4.33. The van der Waals surface area contributed by atoms with Gasteiger partial charge in [0, 0.05) is 0 Å². The van der Waals surface area contributed by atoms with Gasteiger partial charge in [-0.2, -0.15) is 0 Å². The fourth-order valence-corrected chi connectivity index (χ4v) is 1.57. The molecule has 0 aromatic heterocycles. The van der Waals surface area contributed by atoms with Gasteiger partial charge in [-0.15, -0.1) is 0 Å². The predicted molar refractivity (Wildman–Crippen MR) is 62.4 cm³/mol. The van der Waals surface area contributed by atoms with E-state index in [0.717, 1.165) is 16.9 Å². The quantitative estimate of drug-likeness (QED) is 0.749. The summed E-state index contributed by atoms with van der Waals surface area (Å²) in [5.74, 6) is 0.777. The van der Waals surface area contributed by atoms with Crippen LogP contribution in [-0.2, 0) is 16.1 Å². The Morgan fingerprint density at radius 2 is 1.40 bits per heavy atom. The summed E-state index contributed by atoms with van der Waals surface area (Å²) < 4.78 is 4.99. The van der Waals surface area contributed by atoms with Gasteiger partial charge < -0.3 is 0 Å². The summed E-state index contributed by atoms with van der Waals surface area (Å²) >= 11 is 3.88. The van der Waals surface area contributed by atoms with E-state index in [-0.39, 0.29) is 17.4 Å². The van der Waals surface area contributed by atoms with Crippen molar-refractivity contribution in [1.29, 1.82) is 0 Å². The molecule has 0 bridgehead atoms. The number of hydrogen-bond acceptors (Lipinski definition) is 1. The first kappa shape index (κ1) is 12.3. The molecular weight excluding hydrogens is 246 g/mol. The van der Waals surface area contributed by atoms with Crippen LogP contribution in [0.5, 0.6) is 5.75 Å². The van der Waals surface area contributed by atoms with Crippen LogP contribution >= 0.6 is 0 Å². The summed E-state index contributed by atoms with van der Waals surface area (Å²) in [6.45, 7) is 0. The molecule has 2 rings (SSSR count). The average Bonchev–Trinajstić information content (AvgIpc) is 2.30. The topological polar surface area (TPSA) is 9.23 Å². The number of benzene rings is 2. The van der Waals surface area contributed by atoms with E-state index in [9.17, 15) is 0 Å². The van der Waals surface area contributed by atoms with Crippen LogP contribution in [0.2, 0.25) is 0 Å². The molecule has 0 heterocycles. The third-order valence-corrected chi connectivity index (χ3v) is 2.27. The van der Waals surface area contributed by atoms with E-state index in [1.807, 2.05) is 54.6 Å². The normalized spacial score (nSPS) is 9.20. The van der Waals surface area contributed by atoms with Gasteiger partial charge in [0.25, 0.3) is 0 Å². The Morgan fingerprint density at radius 1 is 0.800 bits per heavy atom. The molecule has 78 valence electrons. The number of rotatable bonds is 2. The molecule has 0 amide bonds. The van der Waals surface area contributed by atoms with Gasteiger partial charge in [0.2, 0.25) is 0 Å². The van der Waals surface area contributed by atoms with E-state index >= 15 is 0 Å². The van der Waals surface area contributed by atoms with Crippen LogP contribution < -0.4 is 3.85 Å². The van der Waals surface area contributed by atoms with Gasteiger partial charge in [-0.1, -0.05) is 0 Å². The van der Waals surface area contributed by atoms with Crippen LogP contribution in [0.1, 0.15) is 0 Å². The second kappa shape index (κ2) is 5.99. The molecule has 0 N–H and O–H groups in total. The zero-order valence-electron chi connectivity index (χ0n) is 7.44. The summed E-state index contributed by atoms with van der Waals surface area (Å²) in [4.78, 5) is 0. The fourth-order valence-electron chi connectivity index (χ4n) is 1.38. The third-order valence-electron chi connectivity index (χ3n) is 2.05.